The van der Waals surface area contributed by atoms with Crippen LogP contribution >= 0.6 is 0 Å². The summed E-state index contributed by atoms with van der Waals surface area (Å²) in [6, 6.07) is 13.8. The average Bonchev–Trinajstić information content (AvgIpc) is 2.88. The lowest BCUT2D eigenvalue weighted by Crippen LogP contribution is -2.41. The highest BCUT2D eigenvalue weighted by Crippen LogP contribution is 2.37. The van der Waals surface area contributed by atoms with E-state index in [2.05, 4.69) is 11.9 Å². The first-order chi connectivity index (χ1) is 13.3. The molecule has 2 heterocycles. The van der Waals surface area contributed by atoms with Crippen molar-refractivity contribution in [2.75, 3.05) is 6.61 Å². The van der Waals surface area contributed by atoms with E-state index in [0.717, 1.165) is 23.9 Å². The largest absolute Gasteiger partial charge is 0.500 e. The van der Waals surface area contributed by atoms with E-state index in [0.29, 0.717) is 25.0 Å². The van der Waals surface area contributed by atoms with Crippen molar-refractivity contribution in [2.24, 2.45) is 0 Å². The summed E-state index contributed by atoms with van der Waals surface area (Å²) in [5.74, 6) is 1.04. The van der Waals surface area contributed by atoms with E-state index in [1.54, 1.807) is 0 Å². The van der Waals surface area contributed by atoms with Gasteiger partial charge in [0.1, 0.15) is 6.61 Å². The summed E-state index contributed by atoms with van der Waals surface area (Å²) >= 11 is 0. The Morgan fingerprint density at radius 2 is 1.61 bits per heavy atom. The van der Waals surface area contributed by atoms with Crippen LogP contribution < -0.4 is 14.9 Å². The minimum atomic E-state index is -0.516. The number of hydrogen-bond donors (Lipinski definition) is 0. The predicted molar refractivity (Wildman–Crippen MR) is 111 cm³/mol. The van der Waals surface area contributed by atoms with Crippen molar-refractivity contribution in [1.29, 1.82) is 0 Å². The Morgan fingerprint density at radius 1 is 0.929 bits per heavy atom. The smallest absolute Gasteiger partial charge is 0.478 e. The highest BCUT2D eigenvalue weighted by atomic mass is 16.7. The fraction of sp³-hybridized carbons (Fsp3) is 0.500. The first-order valence-corrected chi connectivity index (χ1v) is 9.98. The Kier molecular flexibility index (Phi) is 6.31. The fourth-order valence-corrected chi connectivity index (χ4v) is 2.82. The molecule has 28 heavy (non-hydrogen) atoms. The van der Waals surface area contributed by atoms with Gasteiger partial charge in [-0.2, -0.15) is 4.98 Å². The number of aromatic nitrogens is 1. The standard InChI is InChI=1S/C22H30BNO4/c1-6-7-15-25-20-18(23-27-21(2,3)22(4,5)28-23)13-14-19(24-20)26-16-17-11-9-8-10-12-17/h8-14H,6-7,15-16H2,1-5H3. The zero-order valence-electron chi connectivity index (χ0n) is 17.5. The van der Waals surface area contributed by atoms with Gasteiger partial charge in [-0.15, -0.1) is 0 Å². The van der Waals surface area contributed by atoms with Crippen molar-refractivity contribution in [2.45, 2.75) is 65.3 Å². The summed E-state index contributed by atoms with van der Waals surface area (Å²) < 4.78 is 24.2. The second-order valence-electron chi connectivity index (χ2n) is 8.11. The topological polar surface area (TPSA) is 49.8 Å². The van der Waals surface area contributed by atoms with Crippen LogP contribution in [0.1, 0.15) is 53.0 Å². The molecule has 1 aliphatic heterocycles. The summed E-state index contributed by atoms with van der Waals surface area (Å²) in [6.45, 7) is 11.3. The van der Waals surface area contributed by atoms with E-state index in [1.807, 2.05) is 70.2 Å². The lowest BCUT2D eigenvalue weighted by Gasteiger charge is -2.32. The van der Waals surface area contributed by atoms with Gasteiger partial charge in [0.25, 0.3) is 0 Å². The molecule has 0 atom stereocenters. The molecule has 0 spiro atoms. The van der Waals surface area contributed by atoms with Gasteiger partial charge in [0.15, 0.2) is 0 Å². The number of rotatable bonds is 8. The maximum Gasteiger partial charge on any atom is 0.500 e. The molecule has 1 fully saturated rings. The summed E-state index contributed by atoms with van der Waals surface area (Å²) in [4.78, 5) is 4.60. The lowest BCUT2D eigenvalue weighted by molar-refractivity contribution is 0.00578. The maximum atomic E-state index is 6.18. The molecule has 0 N–H and O–H groups in total. The molecule has 2 aromatic rings. The van der Waals surface area contributed by atoms with Crippen molar-refractivity contribution in [3.63, 3.8) is 0 Å². The average molecular weight is 383 g/mol. The molecule has 6 heteroatoms. The zero-order valence-corrected chi connectivity index (χ0v) is 17.5. The second kappa shape index (κ2) is 8.54. The molecule has 5 nitrogen and oxygen atoms in total. The molecular weight excluding hydrogens is 353 g/mol. The maximum absolute atomic E-state index is 6.18. The number of nitrogens with zero attached hydrogens (tertiary/aromatic N) is 1. The molecule has 3 rings (SSSR count). The van der Waals surface area contributed by atoms with Crippen molar-refractivity contribution in [3.05, 3.63) is 48.0 Å². The van der Waals surface area contributed by atoms with E-state index >= 15 is 0 Å². The zero-order chi connectivity index (χ0) is 20.2. The Labute approximate surface area is 168 Å². The third-order valence-electron chi connectivity index (χ3n) is 5.34. The minimum Gasteiger partial charge on any atom is -0.478 e. The Balaban J connectivity index is 1.79. The van der Waals surface area contributed by atoms with Crippen molar-refractivity contribution >= 4 is 12.6 Å². The van der Waals surface area contributed by atoms with Crippen molar-refractivity contribution in [1.82, 2.24) is 4.98 Å². The summed E-state index contributed by atoms with van der Waals surface area (Å²) in [6.07, 6.45) is 2.01. The van der Waals surface area contributed by atoms with Gasteiger partial charge in [-0.05, 0) is 39.7 Å². The first kappa shape index (κ1) is 20.7. The monoisotopic (exact) mass is 383 g/mol. The molecule has 0 radical (unpaired) electrons. The highest BCUT2D eigenvalue weighted by molar-refractivity contribution is 6.63. The second-order valence-corrected chi connectivity index (χ2v) is 8.11. The minimum absolute atomic E-state index is 0.416. The van der Waals surface area contributed by atoms with Crippen LogP contribution in [0.15, 0.2) is 42.5 Å². The quantitative estimate of drug-likeness (QED) is 0.507. The molecule has 1 saturated heterocycles. The third kappa shape index (κ3) is 4.68. The van der Waals surface area contributed by atoms with Gasteiger partial charge in [0, 0.05) is 11.5 Å². The van der Waals surface area contributed by atoms with Gasteiger partial charge in [-0.3, -0.25) is 0 Å². The summed E-state index contributed by atoms with van der Waals surface area (Å²) in [5, 5.41) is 0. The number of benzene rings is 1. The normalized spacial score (nSPS) is 17.5. The van der Waals surface area contributed by atoms with E-state index in [-0.39, 0.29) is 0 Å². The van der Waals surface area contributed by atoms with Crippen LogP contribution in [0.5, 0.6) is 11.8 Å². The predicted octanol–water partition coefficient (Wildman–Crippen LogP) is 4.14. The van der Waals surface area contributed by atoms with Gasteiger partial charge >= 0.3 is 7.12 Å². The number of hydrogen-bond acceptors (Lipinski definition) is 5. The van der Waals surface area contributed by atoms with Crippen molar-refractivity contribution in [3.8, 4) is 11.8 Å². The fourth-order valence-electron chi connectivity index (χ4n) is 2.82. The Morgan fingerprint density at radius 3 is 2.25 bits per heavy atom. The van der Waals surface area contributed by atoms with Crippen LogP contribution in [0.2, 0.25) is 0 Å². The van der Waals surface area contributed by atoms with Gasteiger partial charge in [0.2, 0.25) is 11.8 Å². The van der Waals surface area contributed by atoms with E-state index in [4.69, 9.17) is 18.8 Å². The Bertz CT molecular complexity index is 763. The molecule has 0 bridgehead atoms. The van der Waals surface area contributed by atoms with E-state index in [9.17, 15) is 0 Å². The molecule has 150 valence electrons. The third-order valence-corrected chi connectivity index (χ3v) is 5.34. The van der Waals surface area contributed by atoms with Crippen LogP contribution in [0.25, 0.3) is 0 Å². The molecule has 0 aliphatic carbocycles. The van der Waals surface area contributed by atoms with Crippen molar-refractivity contribution < 1.29 is 18.8 Å². The van der Waals surface area contributed by atoms with Crippen LogP contribution in [0, 0.1) is 0 Å². The highest BCUT2D eigenvalue weighted by Gasteiger charge is 2.52. The number of pyridine rings is 1. The summed E-state index contributed by atoms with van der Waals surface area (Å²) in [5.41, 5.74) is 1.05. The lowest BCUT2D eigenvalue weighted by atomic mass is 9.79. The van der Waals surface area contributed by atoms with Gasteiger partial charge < -0.3 is 18.8 Å². The molecule has 1 aromatic carbocycles. The van der Waals surface area contributed by atoms with Gasteiger partial charge in [-0.25, -0.2) is 0 Å². The first-order valence-electron chi connectivity index (χ1n) is 9.98. The molecular formula is C22H30BNO4. The number of ether oxygens (including phenoxy) is 2. The number of unbranched alkanes of at least 4 members (excludes halogenated alkanes) is 1. The van der Waals surface area contributed by atoms with Gasteiger partial charge in [0.05, 0.1) is 17.8 Å². The summed E-state index contributed by atoms with van der Waals surface area (Å²) in [7, 11) is -0.516. The molecule has 0 amide bonds. The van der Waals surface area contributed by atoms with Crippen LogP contribution in [0.4, 0.5) is 0 Å². The van der Waals surface area contributed by atoms with Gasteiger partial charge in [-0.1, -0.05) is 49.7 Å². The van der Waals surface area contributed by atoms with E-state index < -0.39 is 18.3 Å². The van der Waals surface area contributed by atoms with Crippen LogP contribution in [0.3, 0.4) is 0 Å². The Hall–Kier alpha value is -2.05. The van der Waals surface area contributed by atoms with Crippen LogP contribution in [-0.2, 0) is 15.9 Å². The van der Waals surface area contributed by atoms with E-state index in [1.165, 1.54) is 0 Å². The molecule has 0 unspecified atom stereocenters. The molecule has 0 saturated carbocycles. The molecule has 1 aromatic heterocycles. The van der Waals surface area contributed by atoms with Crippen LogP contribution in [-0.4, -0.2) is 29.9 Å². The SMILES string of the molecule is CCCCOc1nc(OCc2ccccc2)ccc1B1OC(C)(C)C(C)(C)O1. The molecule has 1 aliphatic rings.